The number of alkyl halides is 2. The second-order valence-corrected chi connectivity index (χ2v) is 8.18. The number of carbonyl (C=O) groups is 1. The first-order valence-corrected chi connectivity index (χ1v) is 9.93. The number of aromatic nitrogens is 2. The fourth-order valence-electron chi connectivity index (χ4n) is 4.05. The number of halogens is 2. The molecule has 1 aliphatic carbocycles. The molecule has 1 fully saturated rings. The monoisotopic (exact) mass is 388 g/mol. The van der Waals surface area contributed by atoms with Crippen LogP contribution in [0.1, 0.15) is 61.1 Å². The topological polar surface area (TPSA) is 59.0 Å². The van der Waals surface area contributed by atoms with Crippen molar-refractivity contribution >= 4 is 11.7 Å². The number of hydrogen-bond donors (Lipinski definition) is 2. The summed E-state index contributed by atoms with van der Waals surface area (Å²) in [5.41, 5.74) is 1.35. The van der Waals surface area contributed by atoms with Gasteiger partial charge in [-0.1, -0.05) is 44.2 Å². The lowest BCUT2D eigenvalue weighted by atomic mass is 9.95. The molecule has 1 aromatic heterocycles. The first-order chi connectivity index (χ1) is 13.5. The number of nitrogens with zero attached hydrogens (tertiary/aromatic N) is 2. The predicted octanol–water partition coefficient (Wildman–Crippen LogP) is 4.41. The van der Waals surface area contributed by atoms with Crippen molar-refractivity contribution in [2.24, 2.45) is 11.8 Å². The SMILES string of the molecule is CC(C)C(NC(=O)c1cnn2c1N[C@@H](C1CC1)C[C@H]2C(F)F)c1ccccc1. The second-order valence-electron chi connectivity index (χ2n) is 8.18. The fraction of sp³-hybridized carbons (Fsp3) is 0.524. The smallest absolute Gasteiger partial charge is 0.260 e. The van der Waals surface area contributed by atoms with Gasteiger partial charge in [0.15, 0.2) is 0 Å². The zero-order chi connectivity index (χ0) is 19.8. The number of carbonyl (C=O) groups excluding carboxylic acids is 1. The lowest BCUT2D eigenvalue weighted by Gasteiger charge is -2.32. The van der Waals surface area contributed by atoms with Crippen LogP contribution in [-0.2, 0) is 0 Å². The van der Waals surface area contributed by atoms with Gasteiger partial charge in [0.25, 0.3) is 12.3 Å². The summed E-state index contributed by atoms with van der Waals surface area (Å²) in [6, 6.07) is 8.59. The molecule has 0 radical (unpaired) electrons. The summed E-state index contributed by atoms with van der Waals surface area (Å²) in [5, 5.41) is 10.5. The van der Waals surface area contributed by atoms with Crippen LogP contribution in [0, 0.1) is 11.8 Å². The van der Waals surface area contributed by atoms with Gasteiger partial charge in [-0.3, -0.25) is 4.79 Å². The molecule has 3 atom stereocenters. The van der Waals surface area contributed by atoms with Gasteiger partial charge in [0.2, 0.25) is 0 Å². The lowest BCUT2D eigenvalue weighted by Crippen LogP contribution is -2.38. The number of fused-ring (bicyclic) bond motifs is 1. The molecular formula is C21H26F2N4O. The molecule has 1 unspecified atom stereocenters. The molecule has 2 N–H and O–H groups in total. The van der Waals surface area contributed by atoms with Crippen molar-refractivity contribution in [3.05, 3.63) is 47.7 Å². The van der Waals surface area contributed by atoms with Gasteiger partial charge >= 0.3 is 0 Å². The van der Waals surface area contributed by atoms with Crippen LogP contribution >= 0.6 is 0 Å². The Labute approximate surface area is 163 Å². The summed E-state index contributed by atoms with van der Waals surface area (Å²) in [4.78, 5) is 13.0. The standard InChI is InChI=1S/C21H26F2N4O/c1-12(2)18(14-6-4-3-5-7-14)26-21(28)15-11-24-27-17(19(22)23)10-16(13-8-9-13)25-20(15)27/h3-7,11-13,16-19,25H,8-10H2,1-2H3,(H,26,28)/t16-,17+,18?/m1/s1. The van der Waals surface area contributed by atoms with E-state index in [4.69, 9.17) is 0 Å². The van der Waals surface area contributed by atoms with Crippen LogP contribution < -0.4 is 10.6 Å². The maximum Gasteiger partial charge on any atom is 0.260 e. The molecular weight excluding hydrogens is 362 g/mol. The van der Waals surface area contributed by atoms with E-state index < -0.39 is 12.5 Å². The Morgan fingerprint density at radius 2 is 1.96 bits per heavy atom. The minimum Gasteiger partial charge on any atom is -0.367 e. The van der Waals surface area contributed by atoms with E-state index in [2.05, 4.69) is 15.7 Å². The normalized spacial score (nSPS) is 22.6. The summed E-state index contributed by atoms with van der Waals surface area (Å²) in [6.07, 6.45) is 1.34. The average Bonchev–Trinajstić information content (AvgIpc) is 3.44. The molecule has 2 aromatic rings. The maximum atomic E-state index is 13.6. The van der Waals surface area contributed by atoms with Crippen LogP contribution in [0.4, 0.5) is 14.6 Å². The van der Waals surface area contributed by atoms with Gasteiger partial charge in [0.1, 0.15) is 17.4 Å². The lowest BCUT2D eigenvalue weighted by molar-refractivity contribution is 0.0643. The molecule has 1 amide bonds. The average molecular weight is 388 g/mol. The third-order valence-corrected chi connectivity index (χ3v) is 5.77. The van der Waals surface area contributed by atoms with Crippen molar-refractivity contribution < 1.29 is 13.6 Å². The van der Waals surface area contributed by atoms with Crippen LogP contribution in [0.3, 0.4) is 0 Å². The molecule has 1 aromatic carbocycles. The van der Waals surface area contributed by atoms with E-state index in [1.807, 2.05) is 44.2 Å². The van der Waals surface area contributed by atoms with E-state index >= 15 is 0 Å². The number of amides is 1. The molecule has 0 bridgehead atoms. The first-order valence-electron chi connectivity index (χ1n) is 9.93. The molecule has 1 saturated carbocycles. The molecule has 4 rings (SSSR count). The van der Waals surface area contributed by atoms with E-state index in [9.17, 15) is 13.6 Å². The van der Waals surface area contributed by atoms with Gasteiger partial charge in [0, 0.05) is 6.04 Å². The van der Waals surface area contributed by atoms with Crippen molar-refractivity contribution in [3.63, 3.8) is 0 Å². The number of anilines is 1. The highest BCUT2D eigenvalue weighted by Gasteiger charge is 2.41. The largest absolute Gasteiger partial charge is 0.367 e. The molecule has 0 saturated heterocycles. The number of benzene rings is 1. The Morgan fingerprint density at radius 1 is 1.25 bits per heavy atom. The van der Waals surface area contributed by atoms with Gasteiger partial charge in [-0.05, 0) is 36.7 Å². The van der Waals surface area contributed by atoms with Gasteiger partial charge in [-0.15, -0.1) is 0 Å². The third kappa shape index (κ3) is 3.62. The number of nitrogens with one attached hydrogen (secondary N) is 2. The van der Waals surface area contributed by atoms with Gasteiger partial charge in [-0.2, -0.15) is 5.10 Å². The first kappa shape index (κ1) is 18.9. The quantitative estimate of drug-likeness (QED) is 0.771. The Balaban J connectivity index is 1.60. The minimum atomic E-state index is -2.51. The number of hydrogen-bond acceptors (Lipinski definition) is 3. The van der Waals surface area contributed by atoms with Crippen LogP contribution in [0.25, 0.3) is 0 Å². The second kappa shape index (κ2) is 7.53. The Kier molecular flexibility index (Phi) is 5.08. The van der Waals surface area contributed by atoms with Gasteiger partial charge in [-0.25, -0.2) is 13.5 Å². The summed E-state index contributed by atoms with van der Waals surface area (Å²) < 4.78 is 28.5. The summed E-state index contributed by atoms with van der Waals surface area (Å²) >= 11 is 0. The Morgan fingerprint density at radius 3 is 2.57 bits per heavy atom. The zero-order valence-corrected chi connectivity index (χ0v) is 16.1. The predicted molar refractivity (Wildman–Crippen MR) is 104 cm³/mol. The van der Waals surface area contributed by atoms with Crippen molar-refractivity contribution in [2.45, 2.75) is 57.7 Å². The molecule has 2 heterocycles. The highest BCUT2D eigenvalue weighted by atomic mass is 19.3. The van der Waals surface area contributed by atoms with E-state index in [0.717, 1.165) is 18.4 Å². The van der Waals surface area contributed by atoms with Crippen LogP contribution in [0.15, 0.2) is 36.5 Å². The van der Waals surface area contributed by atoms with Crippen molar-refractivity contribution in [3.8, 4) is 0 Å². The molecule has 28 heavy (non-hydrogen) atoms. The van der Waals surface area contributed by atoms with Crippen molar-refractivity contribution in [2.75, 3.05) is 5.32 Å². The van der Waals surface area contributed by atoms with Gasteiger partial charge in [0.05, 0.1) is 12.2 Å². The summed E-state index contributed by atoms with van der Waals surface area (Å²) in [7, 11) is 0. The van der Waals surface area contributed by atoms with E-state index in [0.29, 0.717) is 23.7 Å². The molecule has 1 aliphatic heterocycles. The zero-order valence-electron chi connectivity index (χ0n) is 16.1. The van der Waals surface area contributed by atoms with Crippen LogP contribution in [0.5, 0.6) is 0 Å². The fourth-order valence-corrected chi connectivity index (χ4v) is 4.05. The summed E-state index contributed by atoms with van der Waals surface area (Å²) in [6.45, 7) is 4.08. The Bertz CT molecular complexity index is 832. The maximum absolute atomic E-state index is 13.6. The van der Waals surface area contributed by atoms with Crippen LogP contribution in [-0.4, -0.2) is 28.2 Å². The number of rotatable bonds is 6. The summed E-state index contributed by atoms with van der Waals surface area (Å²) in [5.74, 6) is 0.717. The van der Waals surface area contributed by atoms with Gasteiger partial charge < -0.3 is 10.6 Å². The van der Waals surface area contributed by atoms with E-state index in [1.54, 1.807) is 0 Å². The van der Waals surface area contributed by atoms with E-state index in [-0.39, 0.29) is 23.9 Å². The highest BCUT2D eigenvalue weighted by Crippen LogP contribution is 2.43. The Hall–Kier alpha value is -2.44. The molecule has 0 spiro atoms. The third-order valence-electron chi connectivity index (χ3n) is 5.77. The highest BCUT2D eigenvalue weighted by molar-refractivity contribution is 5.99. The molecule has 5 nitrogen and oxygen atoms in total. The van der Waals surface area contributed by atoms with E-state index in [1.165, 1.54) is 10.9 Å². The molecule has 7 heteroatoms. The van der Waals surface area contributed by atoms with Crippen molar-refractivity contribution in [1.82, 2.24) is 15.1 Å². The van der Waals surface area contributed by atoms with Crippen molar-refractivity contribution in [1.29, 1.82) is 0 Å². The molecule has 150 valence electrons. The van der Waals surface area contributed by atoms with Crippen LogP contribution in [0.2, 0.25) is 0 Å². The molecule has 2 aliphatic rings. The minimum absolute atomic E-state index is 0.0234.